The molecule has 4 rings (SSSR count). The van der Waals surface area contributed by atoms with Gasteiger partial charge in [-0.25, -0.2) is 0 Å². The Hall–Kier alpha value is -2.10. The third-order valence-corrected chi connectivity index (χ3v) is 7.95. The standard InChI is InChI=1S/C30H40F2O2/c1-3-5-17-33-27-15-16-28(30(32)29(27)31)34-20-22-9-12-26-19-25(14-13-24(26)18-22)23-10-7-21(6-4-2)8-11-23/h7-8,10-11,15-16,22,24-26H,3-6,9,12-14,17-20H2,1-2H3. The molecule has 2 aliphatic rings. The lowest BCUT2D eigenvalue weighted by molar-refractivity contribution is 0.0901. The van der Waals surface area contributed by atoms with E-state index in [1.54, 1.807) is 0 Å². The van der Waals surface area contributed by atoms with Gasteiger partial charge in [-0.3, -0.25) is 0 Å². The van der Waals surface area contributed by atoms with Crippen molar-refractivity contribution in [3.05, 3.63) is 59.2 Å². The van der Waals surface area contributed by atoms with Gasteiger partial charge in [0, 0.05) is 0 Å². The molecule has 2 aromatic carbocycles. The predicted molar refractivity (Wildman–Crippen MR) is 134 cm³/mol. The summed E-state index contributed by atoms with van der Waals surface area (Å²) in [4.78, 5) is 0. The van der Waals surface area contributed by atoms with Gasteiger partial charge in [-0.15, -0.1) is 0 Å². The molecule has 34 heavy (non-hydrogen) atoms. The smallest absolute Gasteiger partial charge is 0.204 e. The van der Waals surface area contributed by atoms with E-state index in [9.17, 15) is 8.78 Å². The monoisotopic (exact) mass is 470 g/mol. The van der Waals surface area contributed by atoms with Crippen LogP contribution in [0.4, 0.5) is 8.78 Å². The summed E-state index contributed by atoms with van der Waals surface area (Å²) in [5.74, 6) is 0.682. The molecule has 2 aliphatic carbocycles. The van der Waals surface area contributed by atoms with E-state index in [1.807, 2.05) is 6.92 Å². The maximum absolute atomic E-state index is 14.5. The molecule has 0 bridgehead atoms. The molecule has 0 N–H and O–H groups in total. The topological polar surface area (TPSA) is 18.5 Å². The van der Waals surface area contributed by atoms with Gasteiger partial charge in [0.25, 0.3) is 0 Å². The molecular formula is C30H40F2O2. The molecule has 2 saturated carbocycles. The molecule has 0 radical (unpaired) electrons. The van der Waals surface area contributed by atoms with Crippen LogP contribution in [0.5, 0.6) is 11.5 Å². The third kappa shape index (κ3) is 6.12. The fourth-order valence-electron chi connectivity index (χ4n) is 5.96. The Morgan fingerprint density at radius 3 is 2.15 bits per heavy atom. The highest BCUT2D eigenvalue weighted by Gasteiger charge is 2.36. The summed E-state index contributed by atoms with van der Waals surface area (Å²) >= 11 is 0. The normalized spacial score (nSPS) is 24.5. The summed E-state index contributed by atoms with van der Waals surface area (Å²) in [6.07, 6.45) is 11.4. The number of hydrogen-bond donors (Lipinski definition) is 0. The van der Waals surface area contributed by atoms with Crippen LogP contribution in [0.3, 0.4) is 0 Å². The first-order chi connectivity index (χ1) is 16.6. The highest BCUT2D eigenvalue weighted by molar-refractivity contribution is 5.35. The zero-order valence-corrected chi connectivity index (χ0v) is 20.8. The highest BCUT2D eigenvalue weighted by atomic mass is 19.2. The number of hydrogen-bond acceptors (Lipinski definition) is 2. The maximum atomic E-state index is 14.5. The number of rotatable bonds is 10. The summed E-state index contributed by atoms with van der Waals surface area (Å²) in [6, 6.07) is 12.3. The van der Waals surface area contributed by atoms with Gasteiger partial charge in [0.15, 0.2) is 11.5 Å². The largest absolute Gasteiger partial charge is 0.490 e. The molecule has 0 amide bonds. The van der Waals surface area contributed by atoms with E-state index in [-0.39, 0.29) is 11.5 Å². The van der Waals surface area contributed by atoms with Gasteiger partial charge in [-0.05, 0) is 98.3 Å². The van der Waals surface area contributed by atoms with E-state index in [4.69, 9.17) is 9.47 Å². The molecule has 0 saturated heterocycles. The highest BCUT2D eigenvalue weighted by Crippen LogP contribution is 2.47. The Bertz CT molecular complexity index is 911. The molecule has 0 aliphatic heterocycles. The summed E-state index contributed by atoms with van der Waals surface area (Å²) in [6.45, 7) is 5.11. The zero-order chi connectivity index (χ0) is 23.9. The van der Waals surface area contributed by atoms with Crippen molar-refractivity contribution in [1.29, 1.82) is 0 Å². The van der Waals surface area contributed by atoms with Crippen LogP contribution in [0.1, 0.15) is 88.7 Å². The van der Waals surface area contributed by atoms with Crippen molar-refractivity contribution in [2.45, 2.75) is 84.0 Å². The molecule has 0 spiro atoms. The first-order valence-electron chi connectivity index (χ1n) is 13.4. The molecule has 4 heteroatoms. The molecule has 4 atom stereocenters. The Kier molecular flexibility index (Phi) is 8.86. The second kappa shape index (κ2) is 12.0. The van der Waals surface area contributed by atoms with Crippen LogP contribution < -0.4 is 9.47 Å². The number of ether oxygens (including phenoxy) is 2. The fraction of sp³-hybridized carbons (Fsp3) is 0.600. The minimum atomic E-state index is -0.946. The number of unbranched alkanes of at least 4 members (excludes halogenated alkanes) is 1. The van der Waals surface area contributed by atoms with Crippen molar-refractivity contribution in [3.63, 3.8) is 0 Å². The van der Waals surface area contributed by atoms with Crippen LogP contribution in [0.2, 0.25) is 0 Å². The fourth-order valence-corrected chi connectivity index (χ4v) is 5.96. The van der Waals surface area contributed by atoms with E-state index >= 15 is 0 Å². The summed E-state index contributed by atoms with van der Waals surface area (Å²) in [7, 11) is 0. The molecule has 0 heterocycles. The van der Waals surface area contributed by atoms with Crippen molar-refractivity contribution in [1.82, 2.24) is 0 Å². The van der Waals surface area contributed by atoms with Gasteiger partial charge in [-0.1, -0.05) is 51.0 Å². The van der Waals surface area contributed by atoms with E-state index in [0.29, 0.717) is 25.0 Å². The maximum Gasteiger partial charge on any atom is 0.204 e. The molecule has 0 aromatic heterocycles. The zero-order valence-electron chi connectivity index (χ0n) is 20.8. The number of benzene rings is 2. The second-order valence-electron chi connectivity index (χ2n) is 10.4. The third-order valence-electron chi connectivity index (χ3n) is 7.95. The van der Waals surface area contributed by atoms with Crippen LogP contribution in [-0.2, 0) is 6.42 Å². The van der Waals surface area contributed by atoms with Gasteiger partial charge < -0.3 is 9.47 Å². The lowest BCUT2D eigenvalue weighted by atomic mass is 9.64. The van der Waals surface area contributed by atoms with Crippen molar-refractivity contribution in [2.75, 3.05) is 13.2 Å². The van der Waals surface area contributed by atoms with E-state index in [0.717, 1.165) is 43.9 Å². The minimum Gasteiger partial charge on any atom is -0.490 e. The van der Waals surface area contributed by atoms with Crippen molar-refractivity contribution in [2.24, 2.45) is 17.8 Å². The summed E-state index contributed by atoms with van der Waals surface area (Å²) in [5, 5.41) is 0. The van der Waals surface area contributed by atoms with Gasteiger partial charge in [-0.2, -0.15) is 8.78 Å². The average molecular weight is 471 g/mol. The van der Waals surface area contributed by atoms with Crippen LogP contribution in [0.15, 0.2) is 36.4 Å². The predicted octanol–water partition coefficient (Wildman–Crippen LogP) is 8.48. The van der Waals surface area contributed by atoms with Crippen LogP contribution in [-0.4, -0.2) is 13.2 Å². The molecule has 2 fully saturated rings. The van der Waals surface area contributed by atoms with E-state index in [1.165, 1.54) is 55.4 Å². The molecular weight excluding hydrogens is 430 g/mol. The Morgan fingerprint density at radius 1 is 0.765 bits per heavy atom. The Morgan fingerprint density at radius 2 is 1.44 bits per heavy atom. The quantitative estimate of drug-likeness (QED) is 0.324. The van der Waals surface area contributed by atoms with Crippen molar-refractivity contribution >= 4 is 0 Å². The van der Waals surface area contributed by atoms with Gasteiger partial charge in [0.2, 0.25) is 11.6 Å². The van der Waals surface area contributed by atoms with Crippen molar-refractivity contribution < 1.29 is 18.3 Å². The first kappa shape index (κ1) is 25.0. The number of aryl methyl sites for hydroxylation is 1. The number of fused-ring (bicyclic) bond motifs is 1. The average Bonchev–Trinajstić information content (AvgIpc) is 2.86. The Labute approximate surface area is 204 Å². The molecule has 2 aromatic rings. The Balaban J connectivity index is 1.26. The minimum absolute atomic E-state index is 0.00214. The van der Waals surface area contributed by atoms with Gasteiger partial charge >= 0.3 is 0 Å². The van der Waals surface area contributed by atoms with Crippen LogP contribution >= 0.6 is 0 Å². The van der Waals surface area contributed by atoms with Crippen LogP contribution in [0.25, 0.3) is 0 Å². The van der Waals surface area contributed by atoms with E-state index in [2.05, 4.69) is 31.2 Å². The van der Waals surface area contributed by atoms with Gasteiger partial charge in [0.1, 0.15) is 0 Å². The first-order valence-corrected chi connectivity index (χ1v) is 13.4. The van der Waals surface area contributed by atoms with Crippen LogP contribution in [0, 0.1) is 29.4 Å². The summed E-state index contributed by atoms with van der Waals surface area (Å²) < 4.78 is 39.9. The summed E-state index contributed by atoms with van der Waals surface area (Å²) in [5.41, 5.74) is 2.94. The SMILES string of the molecule is CCCCOc1ccc(OCC2CCC3CC(c4ccc(CCC)cc4)CCC3C2)c(F)c1F. The molecule has 4 unspecified atom stereocenters. The number of halogens is 2. The van der Waals surface area contributed by atoms with Gasteiger partial charge in [0.05, 0.1) is 13.2 Å². The lowest BCUT2D eigenvalue weighted by Gasteiger charge is -2.42. The lowest BCUT2D eigenvalue weighted by Crippen LogP contribution is -2.32. The van der Waals surface area contributed by atoms with E-state index < -0.39 is 11.6 Å². The second-order valence-corrected chi connectivity index (χ2v) is 10.4. The molecule has 2 nitrogen and oxygen atoms in total. The van der Waals surface area contributed by atoms with Crippen molar-refractivity contribution in [3.8, 4) is 11.5 Å². The molecule has 186 valence electrons.